The first kappa shape index (κ1) is 16.4. The summed E-state index contributed by atoms with van der Waals surface area (Å²) >= 11 is 0. The molecule has 0 atom stereocenters. The molecule has 0 saturated carbocycles. The fraction of sp³-hybridized carbons (Fsp3) is 0.316. The molecule has 3 aromatic rings. The van der Waals surface area contributed by atoms with Crippen molar-refractivity contribution in [2.24, 2.45) is 0 Å². The number of rotatable bonds is 4. The van der Waals surface area contributed by atoms with E-state index < -0.39 is 0 Å². The molecule has 134 valence electrons. The third-order valence-corrected chi connectivity index (χ3v) is 4.48. The van der Waals surface area contributed by atoms with Crippen molar-refractivity contribution in [3.63, 3.8) is 0 Å². The summed E-state index contributed by atoms with van der Waals surface area (Å²) in [6, 6.07) is 12.4. The number of piperazine rings is 1. The van der Waals surface area contributed by atoms with Crippen LogP contribution in [0.3, 0.4) is 0 Å². The Balaban J connectivity index is 1.42. The average Bonchev–Trinajstić information content (AvgIpc) is 3.07. The van der Waals surface area contributed by atoms with E-state index in [9.17, 15) is 0 Å². The minimum Gasteiger partial charge on any atom is -0.368 e. The van der Waals surface area contributed by atoms with E-state index in [0.717, 1.165) is 37.8 Å². The quantitative estimate of drug-likeness (QED) is 0.775. The molecule has 1 N–H and O–H groups in total. The Bertz CT molecular complexity index is 885. The maximum Gasteiger partial charge on any atom is 0.230 e. The molecule has 1 saturated heterocycles. The van der Waals surface area contributed by atoms with Gasteiger partial charge in [-0.25, -0.2) is 4.98 Å². The maximum atomic E-state index is 5.06. The highest BCUT2D eigenvalue weighted by molar-refractivity contribution is 5.53. The van der Waals surface area contributed by atoms with Crippen molar-refractivity contribution >= 4 is 23.3 Å². The van der Waals surface area contributed by atoms with E-state index in [-0.39, 0.29) is 0 Å². The molecule has 1 fully saturated rings. The van der Waals surface area contributed by atoms with Gasteiger partial charge >= 0.3 is 0 Å². The van der Waals surface area contributed by atoms with Crippen LogP contribution in [0.4, 0.5) is 23.3 Å². The molecular weight excluding hydrogens is 328 g/mol. The number of benzene rings is 1. The van der Waals surface area contributed by atoms with Crippen molar-refractivity contribution in [3.8, 4) is 0 Å². The van der Waals surface area contributed by atoms with Crippen LogP contribution in [0.5, 0.6) is 0 Å². The normalized spacial score (nSPS) is 14.5. The van der Waals surface area contributed by atoms with Crippen molar-refractivity contribution in [3.05, 3.63) is 53.9 Å². The Morgan fingerprint density at radius 1 is 1.00 bits per heavy atom. The van der Waals surface area contributed by atoms with E-state index in [1.807, 2.05) is 19.1 Å². The van der Waals surface area contributed by atoms with Crippen LogP contribution in [-0.2, 0) is 0 Å². The molecule has 4 rings (SSSR count). The SMILES string of the molecule is Cc1cccc(N2CCN(c3ccnc(Nc4cc(C)on4)n3)CC2)c1. The molecule has 0 aliphatic carbocycles. The predicted molar refractivity (Wildman–Crippen MR) is 102 cm³/mol. The van der Waals surface area contributed by atoms with Crippen LogP contribution < -0.4 is 15.1 Å². The lowest BCUT2D eigenvalue weighted by Crippen LogP contribution is -2.46. The van der Waals surface area contributed by atoms with E-state index in [4.69, 9.17) is 4.52 Å². The molecule has 7 nitrogen and oxygen atoms in total. The van der Waals surface area contributed by atoms with Crippen molar-refractivity contribution in [1.29, 1.82) is 0 Å². The number of hydrogen-bond acceptors (Lipinski definition) is 7. The third-order valence-electron chi connectivity index (χ3n) is 4.48. The summed E-state index contributed by atoms with van der Waals surface area (Å²) in [6.07, 6.45) is 1.77. The van der Waals surface area contributed by atoms with Gasteiger partial charge in [0.15, 0.2) is 5.82 Å². The molecule has 2 aromatic heterocycles. The summed E-state index contributed by atoms with van der Waals surface area (Å²) in [5, 5.41) is 7.00. The number of hydrogen-bond donors (Lipinski definition) is 1. The first-order valence-electron chi connectivity index (χ1n) is 8.77. The van der Waals surface area contributed by atoms with Gasteiger partial charge in [0.25, 0.3) is 0 Å². The van der Waals surface area contributed by atoms with E-state index in [2.05, 4.69) is 61.4 Å². The molecule has 0 amide bonds. The maximum absolute atomic E-state index is 5.06. The van der Waals surface area contributed by atoms with Crippen LogP contribution in [0.25, 0.3) is 0 Å². The van der Waals surface area contributed by atoms with Crippen molar-refractivity contribution in [2.75, 3.05) is 41.3 Å². The second-order valence-electron chi connectivity index (χ2n) is 6.50. The summed E-state index contributed by atoms with van der Waals surface area (Å²) in [5.41, 5.74) is 2.58. The van der Waals surface area contributed by atoms with Crippen molar-refractivity contribution < 1.29 is 4.52 Å². The third kappa shape index (κ3) is 3.61. The van der Waals surface area contributed by atoms with E-state index >= 15 is 0 Å². The van der Waals surface area contributed by atoms with Crippen LogP contribution in [0.15, 0.2) is 47.1 Å². The molecule has 1 aliphatic heterocycles. The topological polar surface area (TPSA) is 70.3 Å². The second-order valence-corrected chi connectivity index (χ2v) is 6.50. The van der Waals surface area contributed by atoms with E-state index in [1.165, 1.54) is 11.3 Å². The van der Waals surface area contributed by atoms with Crippen LogP contribution in [0.1, 0.15) is 11.3 Å². The predicted octanol–water partition coefficient (Wildman–Crippen LogP) is 3.15. The van der Waals surface area contributed by atoms with Gasteiger partial charge in [0.05, 0.1) is 0 Å². The van der Waals surface area contributed by atoms with Gasteiger partial charge in [-0.05, 0) is 37.6 Å². The van der Waals surface area contributed by atoms with Gasteiger partial charge in [-0.3, -0.25) is 0 Å². The zero-order chi connectivity index (χ0) is 17.9. The van der Waals surface area contributed by atoms with Gasteiger partial charge in [0.1, 0.15) is 11.6 Å². The van der Waals surface area contributed by atoms with Crippen molar-refractivity contribution in [1.82, 2.24) is 15.1 Å². The lowest BCUT2D eigenvalue weighted by Gasteiger charge is -2.36. The van der Waals surface area contributed by atoms with E-state index in [1.54, 1.807) is 6.20 Å². The minimum absolute atomic E-state index is 0.525. The zero-order valence-corrected chi connectivity index (χ0v) is 15.0. The van der Waals surface area contributed by atoms with Gasteiger partial charge < -0.3 is 19.6 Å². The van der Waals surface area contributed by atoms with Crippen LogP contribution in [0.2, 0.25) is 0 Å². The van der Waals surface area contributed by atoms with Gasteiger partial charge in [-0.2, -0.15) is 4.98 Å². The fourth-order valence-corrected chi connectivity index (χ4v) is 3.14. The smallest absolute Gasteiger partial charge is 0.230 e. The summed E-state index contributed by atoms with van der Waals surface area (Å²) in [6.45, 7) is 7.77. The molecule has 26 heavy (non-hydrogen) atoms. The van der Waals surface area contributed by atoms with E-state index in [0.29, 0.717) is 11.8 Å². The molecule has 3 heterocycles. The van der Waals surface area contributed by atoms with Gasteiger partial charge in [0, 0.05) is 44.1 Å². The highest BCUT2D eigenvalue weighted by Gasteiger charge is 2.19. The molecule has 0 radical (unpaired) electrons. The monoisotopic (exact) mass is 350 g/mol. The van der Waals surface area contributed by atoms with Crippen LogP contribution in [0, 0.1) is 13.8 Å². The zero-order valence-electron chi connectivity index (χ0n) is 15.0. The summed E-state index contributed by atoms with van der Waals surface area (Å²) in [5.74, 6) is 2.81. The number of aromatic nitrogens is 3. The molecule has 0 spiro atoms. The standard InChI is InChI=1S/C19H22N6O/c1-14-4-3-5-16(12-14)24-8-10-25(11-9-24)18-6-7-20-19(22-18)21-17-13-15(2)26-23-17/h3-7,12-13H,8-11H2,1-2H3,(H,20,21,22,23). The lowest BCUT2D eigenvalue weighted by molar-refractivity contribution is 0.400. The summed E-state index contributed by atoms with van der Waals surface area (Å²) in [7, 11) is 0. The first-order chi connectivity index (χ1) is 12.7. The number of anilines is 4. The molecule has 1 aromatic carbocycles. The molecule has 1 aliphatic rings. The van der Waals surface area contributed by atoms with Gasteiger partial charge in [-0.15, -0.1) is 0 Å². The fourth-order valence-electron chi connectivity index (χ4n) is 3.14. The molecule has 0 bridgehead atoms. The number of aryl methyl sites for hydroxylation is 2. The Labute approximate surface area is 152 Å². The number of nitrogens with one attached hydrogen (secondary N) is 1. The Morgan fingerprint density at radius 3 is 2.54 bits per heavy atom. The Kier molecular flexibility index (Phi) is 4.43. The number of nitrogens with zero attached hydrogens (tertiary/aromatic N) is 5. The largest absolute Gasteiger partial charge is 0.368 e. The molecule has 7 heteroatoms. The van der Waals surface area contributed by atoms with Gasteiger partial charge in [-0.1, -0.05) is 17.3 Å². The Hall–Kier alpha value is -3.09. The minimum atomic E-state index is 0.525. The highest BCUT2D eigenvalue weighted by Crippen LogP contribution is 2.21. The second kappa shape index (κ2) is 7.03. The highest BCUT2D eigenvalue weighted by atomic mass is 16.5. The molecule has 0 unspecified atom stereocenters. The first-order valence-corrected chi connectivity index (χ1v) is 8.77. The van der Waals surface area contributed by atoms with Crippen LogP contribution in [-0.4, -0.2) is 41.3 Å². The Morgan fingerprint density at radius 2 is 1.81 bits per heavy atom. The summed E-state index contributed by atoms with van der Waals surface area (Å²) in [4.78, 5) is 13.6. The lowest BCUT2D eigenvalue weighted by atomic mass is 10.2. The van der Waals surface area contributed by atoms with Crippen molar-refractivity contribution in [2.45, 2.75) is 13.8 Å². The summed E-state index contributed by atoms with van der Waals surface area (Å²) < 4.78 is 5.06. The average molecular weight is 350 g/mol. The van der Waals surface area contributed by atoms with Gasteiger partial charge in [0.2, 0.25) is 5.95 Å². The van der Waals surface area contributed by atoms with Crippen LogP contribution >= 0.6 is 0 Å². The molecular formula is C19H22N6O.